The van der Waals surface area contributed by atoms with Crippen molar-refractivity contribution in [3.63, 3.8) is 0 Å². The third-order valence-corrected chi connectivity index (χ3v) is 8.93. The lowest BCUT2D eigenvalue weighted by Gasteiger charge is -2.34. The maximum Gasteiger partial charge on any atom is 0.321 e. The number of tetrazole rings is 1. The highest BCUT2D eigenvalue weighted by Crippen LogP contribution is 2.43. The first-order valence-electron chi connectivity index (χ1n) is 14.5. The molecule has 1 aliphatic carbocycles. The highest BCUT2D eigenvalue weighted by Gasteiger charge is 2.42. The van der Waals surface area contributed by atoms with E-state index in [0.717, 1.165) is 62.3 Å². The van der Waals surface area contributed by atoms with Gasteiger partial charge >= 0.3 is 5.97 Å². The van der Waals surface area contributed by atoms with Crippen molar-refractivity contribution in [3.05, 3.63) is 77.4 Å². The fraction of sp³-hybridized carbons (Fsp3) is 0.548. The molecule has 2 heterocycles. The molecule has 1 aromatic heterocycles. The lowest BCUT2D eigenvalue weighted by Crippen LogP contribution is -2.47. The van der Waals surface area contributed by atoms with E-state index in [4.69, 9.17) is 0 Å². The highest BCUT2D eigenvalue weighted by molar-refractivity contribution is 5.86. The van der Waals surface area contributed by atoms with Crippen LogP contribution in [0.1, 0.15) is 68.3 Å². The van der Waals surface area contributed by atoms with Crippen LogP contribution in [0.3, 0.4) is 0 Å². The Bertz CT molecular complexity index is 1280. The Morgan fingerprint density at radius 2 is 1.74 bits per heavy atom. The molecule has 238 valence electrons. The van der Waals surface area contributed by atoms with Gasteiger partial charge in [-0.2, -0.15) is 4.80 Å². The Balaban J connectivity index is 0.00000215. The van der Waals surface area contributed by atoms with Gasteiger partial charge in [-0.25, -0.2) is 4.39 Å². The quantitative estimate of drug-likeness (QED) is 0.290. The average Bonchev–Trinajstić information content (AvgIpc) is 3.57. The lowest BCUT2D eigenvalue weighted by molar-refractivity contribution is -0.145. The number of halogens is 4. The number of rotatable bonds is 10. The van der Waals surface area contributed by atoms with Gasteiger partial charge in [-0.3, -0.25) is 9.69 Å². The Morgan fingerprint density at radius 1 is 1.05 bits per heavy atom. The number of hydrogen-bond donors (Lipinski definition) is 1. The summed E-state index contributed by atoms with van der Waals surface area (Å²) in [5.41, 5.74) is 2.17. The SMILES string of the molecule is CC(C)[C@H](C(=O)O)N(C)C1CC(CN2CCC(c3nnn(Cc4ccccc4)n3)CC2)C(c2cccc(F)c2)C1.Cl.Cl.Cl. The molecule has 1 saturated heterocycles. The molecule has 0 spiro atoms. The van der Waals surface area contributed by atoms with Crippen LogP contribution in [-0.4, -0.2) is 79.8 Å². The van der Waals surface area contributed by atoms with E-state index < -0.39 is 12.0 Å². The summed E-state index contributed by atoms with van der Waals surface area (Å²) in [6.45, 7) is 7.37. The van der Waals surface area contributed by atoms with Gasteiger partial charge in [0.15, 0.2) is 5.82 Å². The smallest absolute Gasteiger partial charge is 0.321 e. The van der Waals surface area contributed by atoms with Crippen LogP contribution in [0.2, 0.25) is 0 Å². The summed E-state index contributed by atoms with van der Waals surface area (Å²) in [5.74, 6) is 0.660. The fourth-order valence-electron chi connectivity index (χ4n) is 6.87. The molecule has 12 heteroatoms. The van der Waals surface area contributed by atoms with Crippen LogP contribution in [-0.2, 0) is 11.3 Å². The van der Waals surface area contributed by atoms with Gasteiger partial charge in [-0.1, -0.05) is 56.3 Å². The Kier molecular flexibility index (Phi) is 14.3. The van der Waals surface area contributed by atoms with Crippen LogP contribution in [0.5, 0.6) is 0 Å². The van der Waals surface area contributed by atoms with Crippen LogP contribution < -0.4 is 0 Å². The molecule has 1 aliphatic heterocycles. The number of nitrogens with zero attached hydrogens (tertiary/aromatic N) is 6. The molecule has 1 N–H and O–H groups in total. The molecular weight excluding hydrogens is 614 g/mol. The molecule has 8 nitrogen and oxygen atoms in total. The number of benzene rings is 2. The summed E-state index contributed by atoms with van der Waals surface area (Å²) in [6, 6.07) is 16.7. The van der Waals surface area contributed by atoms with Crippen molar-refractivity contribution in [2.45, 2.75) is 70.0 Å². The molecular formula is C31H44Cl3FN6O2. The summed E-state index contributed by atoms with van der Waals surface area (Å²) >= 11 is 0. The van der Waals surface area contributed by atoms with Crippen LogP contribution >= 0.6 is 37.2 Å². The zero-order chi connectivity index (χ0) is 28.2. The van der Waals surface area contributed by atoms with Crippen molar-refractivity contribution in [3.8, 4) is 0 Å². The first kappa shape index (κ1) is 36.9. The average molecular weight is 658 g/mol. The number of aromatic nitrogens is 4. The predicted molar refractivity (Wildman–Crippen MR) is 173 cm³/mol. The van der Waals surface area contributed by atoms with Crippen molar-refractivity contribution >= 4 is 43.2 Å². The minimum Gasteiger partial charge on any atom is -0.480 e. The summed E-state index contributed by atoms with van der Waals surface area (Å²) in [4.78, 5) is 18.3. The molecule has 2 fully saturated rings. The molecule has 3 unspecified atom stereocenters. The molecule has 1 saturated carbocycles. The number of aliphatic carboxylic acids is 1. The molecule has 2 aliphatic rings. The van der Waals surface area contributed by atoms with Crippen molar-refractivity contribution in [2.75, 3.05) is 26.7 Å². The van der Waals surface area contributed by atoms with Crippen molar-refractivity contribution in [1.82, 2.24) is 30.0 Å². The fourth-order valence-corrected chi connectivity index (χ4v) is 6.87. The predicted octanol–water partition coefficient (Wildman–Crippen LogP) is 5.91. The third-order valence-electron chi connectivity index (χ3n) is 8.93. The normalized spacial score (nSPS) is 21.6. The third kappa shape index (κ3) is 9.11. The van der Waals surface area contributed by atoms with Crippen molar-refractivity contribution < 1.29 is 14.3 Å². The minimum atomic E-state index is -0.778. The first-order chi connectivity index (χ1) is 19.3. The van der Waals surface area contributed by atoms with Gasteiger partial charge in [0.05, 0.1) is 6.54 Å². The number of carboxylic acids is 1. The topological polar surface area (TPSA) is 87.4 Å². The molecule has 3 aromatic rings. The zero-order valence-corrected chi connectivity index (χ0v) is 27.4. The first-order valence-corrected chi connectivity index (χ1v) is 14.5. The monoisotopic (exact) mass is 656 g/mol. The molecule has 0 amide bonds. The lowest BCUT2D eigenvalue weighted by atomic mass is 9.87. The number of hydrogen-bond acceptors (Lipinski definition) is 6. The number of carboxylic acid groups (broad SMARTS) is 1. The van der Waals surface area contributed by atoms with E-state index in [1.165, 1.54) is 6.07 Å². The second-order valence-corrected chi connectivity index (χ2v) is 12.0. The summed E-state index contributed by atoms with van der Waals surface area (Å²) in [6.07, 6.45) is 3.70. The number of likely N-dealkylation sites (tertiary alicyclic amines) is 1. The standard InChI is InChI=1S/C31H41FN6O2.3ClH/c1-21(2)29(31(39)40)36(3)27-17-25(28(18-27)24-10-7-11-26(32)16-24)20-37-14-12-23(13-15-37)30-33-35-38(34-30)19-22-8-5-4-6-9-22;;;/h4-11,16,21,23,25,27-29H,12-15,17-20H2,1-3H3,(H,39,40);3*1H/t25?,27?,28?,29-;;;/m1.../s1. The highest BCUT2D eigenvalue weighted by atomic mass is 35.5. The molecule has 4 atom stereocenters. The summed E-state index contributed by atoms with van der Waals surface area (Å²) in [7, 11) is 1.94. The Labute approximate surface area is 272 Å². The molecule has 2 aromatic carbocycles. The Hall–Kier alpha value is -2.30. The van der Waals surface area contributed by atoms with E-state index in [9.17, 15) is 14.3 Å². The van der Waals surface area contributed by atoms with E-state index in [1.807, 2.05) is 45.2 Å². The second-order valence-electron chi connectivity index (χ2n) is 12.0. The van der Waals surface area contributed by atoms with Gasteiger partial charge in [0.25, 0.3) is 0 Å². The maximum absolute atomic E-state index is 14.2. The van der Waals surface area contributed by atoms with E-state index in [2.05, 4.69) is 37.3 Å². The molecule has 0 bridgehead atoms. The van der Waals surface area contributed by atoms with E-state index in [1.54, 1.807) is 16.9 Å². The zero-order valence-electron chi connectivity index (χ0n) is 25.0. The van der Waals surface area contributed by atoms with Crippen molar-refractivity contribution in [2.24, 2.45) is 11.8 Å². The van der Waals surface area contributed by atoms with Gasteiger partial charge in [0, 0.05) is 18.5 Å². The Morgan fingerprint density at radius 3 is 2.37 bits per heavy atom. The van der Waals surface area contributed by atoms with Crippen LogP contribution in [0.25, 0.3) is 0 Å². The molecule has 5 rings (SSSR count). The maximum atomic E-state index is 14.2. The molecule has 0 radical (unpaired) electrons. The van der Waals surface area contributed by atoms with E-state index >= 15 is 0 Å². The number of likely N-dealkylation sites (N-methyl/N-ethyl adjacent to an activating group) is 1. The van der Waals surface area contributed by atoms with Crippen molar-refractivity contribution in [1.29, 1.82) is 0 Å². The van der Waals surface area contributed by atoms with Crippen LogP contribution in [0, 0.1) is 17.7 Å². The number of piperidine rings is 1. The second kappa shape index (κ2) is 16.7. The van der Waals surface area contributed by atoms with Gasteiger partial charge < -0.3 is 10.0 Å². The number of carbonyl (C=O) groups is 1. The van der Waals surface area contributed by atoms with Gasteiger partial charge in [0.1, 0.15) is 11.9 Å². The van der Waals surface area contributed by atoms with E-state index in [0.29, 0.717) is 18.4 Å². The molecule has 43 heavy (non-hydrogen) atoms. The summed E-state index contributed by atoms with van der Waals surface area (Å²) in [5, 5.41) is 23.2. The largest absolute Gasteiger partial charge is 0.480 e. The van der Waals surface area contributed by atoms with Gasteiger partial charge in [-0.05, 0) is 92.0 Å². The summed E-state index contributed by atoms with van der Waals surface area (Å²) < 4.78 is 14.2. The van der Waals surface area contributed by atoms with Crippen LogP contribution in [0.4, 0.5) is 4.39 Å². The minimum absolute atomic E-state index is 0. The van der Waals surface area contributed by atoms with Crippen LogP contribution in [0.15, 0.2) is 54.6 Å². The van der Waals surface area contributed by atoms with Gasteiger partial charge in [0.2, 0.25) is 0 Å². The van der Waals surface area contributed by atoms with E-state index in [-0.39, 0.29) is 60.9 Å². The van der Waals surface area contributed by atoms with Gasteiger partial charge in [-0.15, -0.1) is 47.4 Å².